The van der Waals surface area contributed by atoms with Gasteiger partial charge in [0.05, 0.1) is 10.6 Å². The molecule has 0 bridgehead atoms. The fraction of sp³-hybridized carbons (Fsp3) is 0.214. The van der Waals surface area contributed by atoms with Crippen LogP contribution in [0.1, 0.15) is 14.5 Å². The van der Waals surface area contributed by atoms with Crippen molar-refractivity contribution in [3.05, 3.63) is 40.1 Å². The number of hydrogen-bond donors (Lipinski definition) is 1. The number of fused-ring (bicyclic) bond motifs is 1. The van der Waals surface area contributed by atoms with Gasteiger partial charge in [-0.1, -0.05) is 0 Å². The van der Waals surface area contributed by atoms with Crippen LogP contribution in [-0.2, 0) is 0 Å². The van der Waals surface area contributed by atoms with Crippen LogP contribution in [0.2, 0.25) is 0 Å². The molecule has 0 fully saturated rings. The Morgan fingerprint density at radius 1 is 1.32 bits per heavy atom. The van der Waals surface area contributed by atoms with Crippen molar-refractivity contribution in [2.75, 3.05) is 22.9 Å². The molecule has 1 aliphatic heterocycles. The molecule has 1 amide bonds. The molecule has 2 heterocycles. The van der Waals surface area contributed by atoms with Crippen molar-refractivity contribution in [1.82, 2.24) is 0 Å². The quantitative estimate of drug-likeness (QED) is 0.819. The molecule has 0 saturated carbocycles. The number of carbonyl (C=O) groups is 1. The van der Waals surface area contributed by atoms with Gasteiger partial charge in [0, 0.05) is 27.8 Å². The summed E-state index contributed by atoms with van der Waals surface area (Å²) < 4.78 is 0. The molecule has 5 heteroatoms. The number of thioether (sulfide) groups is 1. The Kier molecular flexibility index (Phi) is 3.24. The van der Waals surface area contributed by atoms with Crippen molar-refractivity contribution in [3.63, 3.8) is 0 Å². The fourth-order valence-corrected chi connectivity index (χ4v) is 3.92. The Morgan fingerprint density at radius 3 is 2.89 bits per heavy atom. The first-order chi connectivity index (χ1) is 9.15. The number of hydrogen-bond acceptors (Lipinski definition) is 4. The topological polar surface area (TPSA) is 46.3 Å². The molecule has 0 aliphatic carbocycles. The summed E-state index contributed by atoms with van der Waals surface area (Å²) in [5, 5.41) is 0. The van der Waals surface area contributed by atoms with Crippen LogP contribution in [0.5, 0.6) is 0 Å². The van der Waals surface area contributed by atoms with Gasteiger partial charge in [-0.25, -0.2) is 0 Å². The van der Waals surface area contributed by atoms with Crippen LogP contribution in [0.15, 0.2) is 35.2 Å². The zero-order valence-electron chi connectivity index (χ0n) is 10.6. The molecule has 0 atom stereocenters. The zero-order valence-corrected chi connectivity index (χ0v) is 12.2. The van der Waals surface area contributed by atoms with E-state index >= 15 is 0 Å². The minimum absolute atomic E-state index is 0.0743. The van der Waals surface area contributed by atoms with Crippen LogP contribution >= 0.6 is 23.1 Å². The van der Waals surface area contributed by atoms with E-state index in [1.807, 2.05) is 42.2 Å². The molecule has 19 heavy (non-hydrogen) atoms. The van der Waals surface area contributed by atoms with Crippen molar-refractivity contribution in [2.24, 2.45) is 0 Å². The minimum Gasteiger partial charge on any atom is -0.399 e. The van der Waals surface area contributed by atoms with E-state index in [9.17, 15) is 4.79 Å². The summed E-state index contributed by atoms with van der Waals surface area (Å²) in [7, 11) is 0. The Labute approximate surface area is 120 Å². The number of anilines is 2. The van der Waals surface area contributed by atoms with E-state index in [1.165, 1.54) is 11.3 Å². The summed E-state index contributed by atoms with van der Waals surface area (Å²) in [6.45, 7) is 2.75. The Balaban J connectivity index is 1.99. The lowest BCUT2D eigenvalue weighted by atomic mass is 10.2. The third-order valence-corrected chi connectivity index (χ3v) is 5.07. The number of thiophene rings is 1. The summed E-state index contributed by atoms with van der Waals surface area (Å²) in [4.78, 5) is 17.5. The third kappa shape index (κ3) is 2.35. The van der Waals surface area contributed by atoms with Gasteiger partial charge in [0.15, 0.2) is 0 Å². The molecule has 98 valence electrons. The Morgan fingerprint density at radius 2 is 2.16 bits per heavy atom. The van der Waals surface area contributed by atoms with Gasteiger partial charge in [-0.05, 0) is 37.3 Å². The highest BCUT2D eigenvalue weighted by molar-refractivity contribution is 7.99. The molecule has 0 saturated heterocycles. The second-order valence-corrected chi connectivity index (χ2v) is 6.87. The maximum atomic E-state index is 12.6. The molecule has 1 aromatic carbocycles. The van der Waals surface area contributed by atoms with Gasteiger partial charge in [-0.15, -0.1) is 23.1 Å². The van der Waals surface area contributed by atoms with E-state index in [0.29, 0.717) is 5.69 Å². The Bertz CT molecular complexity index is 636. The van der Waals surface area contributed by atoms with Crippen LogP contribution in [0.25, 0.3) is 0 Å². The van der Waals surface area contributed by atoms with Gasteiger partial charge in [0.2, 0.25) is 0 Å². The molecule has 0 unspecified atom stereocenters. The van der Waals surface area contributed by atoms with E-state index in [1.54, 1.807) is 11.8 Å². The molecular weight excluding hydrogens is 276 g/mol. The number of amides is 1. The van der Waals surface area contributed by atoms with Crippen molar-refractivity contribution < 1.29 is 4.79 Å². The van der Waals surface area contributed by atoms with Crippen molar-refractivity contribution in [3.8, 4) is 0 Å². The van der Waals surface area contributed by atoms with Gasteiger partial charge < -0.3 is 10.6 Å². The first-order valence-electron chi connectivity index (χ1n) is 6.06. The number of carbonyl (C=O) groups excluding carboxylic acids is 1. The normalized spacial score (nSPS) is 14.3. The van der Waals surface area contributed by atoms with Gasteiger partial charge in [-0.2, -0.15) is 0 Å². The minimum atomic E-state index is 0.0743. The van der Waals surface area contributed by atoms with E-state index in [4.69, 9.17) is 5.73 Å². The molecule has 2 aromatic rings. The lowest BCUT2D eigenvalue weighted by molar-refractivity contribution is 0.0991. The predicted molar refractivity (Wildman–Crippen MR) is 82.3 cm³/mol. The smallest absolute Gasteiger partial charge is 0.268 e. The van der Waals surface area contributed by atoms with Crippen LogP contribution in [0, 0.1) is 6.92 Å². The summed E-state index contributed by atoms with van der Waals surface area (Å²) in [6, 6.07) is 9.65. The van der Waals surface area contributed by atoms with Crippen LogP contribution in [-0.4, -0.2) is 18.2 Å². The number of nitrogen functional groups attached to an aromatic ring is 1. The molecule has 1 aliphatic rings. The zero-order chi connectivity index (χ0) is 13.4. The van der Waals surface area contributed by atoms with Gasteiger partial charge >= 0.3 is 0 Å². The van der Waals surface area contributed by atoms with E-state index in [0.717, 1.165) is 32.6 Å². The number of nitrogens with two attached hydrogens (primary N) is 1. The lowest BCUT2D eigenvalue weighted by Gasteiger charge is -2.28. The summed E-state index contributed by atoms with van der Waals surface area (Å²) in [6.07, 6.45) is 0. The first-order valence-corrected chi connectivity index (χ1v) is 7.86. The second-order valence-electron chi connectivity index (χ2n) is 4.44. The second kappa shape index (κ2) is 4.90. The van der Waals surface area contributed by atoms with Crippen LogP contribution in [0.4, 0.5) is 11.4 Å². The van der Waals surface area contributed by atoms with Crippen molar-refractivity contribution >= 4 is 40.4 Å². The number of nitrogens with zero attached hydrogens (tertiary/aromatic N) is 1. The molecule has 3 nitrogen and oxygen atoms in total. The molecule has 0 spiro atoms. The van der Waals surface area contributed by atoms with E-state index in [-0.39, 0.29) is 5.91 Å². The van der Waals surface area contributed by atoms with Gasteiger partial charge in [0.25, 0.3) is 5.91 Å². The van der Waals surface area contributed by atoms with Crippen molar-refractivity contribution in [1.29, 1.82) is 0 Å². The number of benzene rings is 1. The molecular formula is C14H14N2OS2. The van der Waals surface area contributed by atoms with E-state index in [2.05, 4.69) is 0 Å². The maximum absolute atomic E-state index is 12.6. The molecule has 2 N–H and O–H groups in total. The third-order valence-electron chi connectivity index (χ3n) is 3.04. The monoisotopic (exact) mass is 290 g/mol. The standard InChI is InChI=1S/C14H14N2OS2/c1-9-2-4-13(19-9)14(17)16-6-7-18-12-5-3-10(15)8-11(12)16/h2-5,8H,6-7,15H2,1H3. The maximum Gasteiger partial charge on any atom is 0.268 e. The molecule has 0 radical (unpaired) electrons. The highest BCUT2D eigenvalue weighted by Gasteiger charge is 2.24. The van der Waals surface area contributed by atoms with E-state index < -0.39 is 0 Å². The molecule has 1 aromatic heterocycles. The Hall–Kier alpha value is -1.46. The molecule has 3 rings (SSSR count). The highest BCUT2D eigenvalue weighted by Crippen LogP contribution is 2.37. The van der Waals surface area contributed by atoms with Crippen LogP contribution in [0.3, 0.4) is 0 Å². The average molecular weight is 290 g/mol. The summed E-state index contributed by atoms with van der Waals surface area (Å²) in [5.41, 5.74) is 7.48. The largest absolute Gasteiger partial charge is 0.399 e. The number of aryl methyl sites for hydroxylation is 1. The first kappa shape index (κ1) is 12.6. The number of rotatable bonds is 1. The average Bonchev–Trinajstić information content (AvgIpc) is 2.84. The highest BCUT2D eigenvalue weighted by atomic mass is 32.2. The van der Waals surface area contributed by atoms with Gasteiger partial charge in [-0.3, -0.25) is 4.79 Å². The van der Waals surface area contributed by atoms with Crippen molar-refractivity contribution in [2.45, 2.75) is 11.8 Å². The fourth-order valence-electron chi connectivity index (χ4n) is 2.13. The lowest BCUT2D eigenvalue weighted by Crippen LogP contribution is -2.35. The SMILES string of the molecule is Cc1ccc(C(=O)N2CCSc3ccc(N)cc32)s1. The van der Waals surface area contributed by atoms with Gasteiger partial charge in [0.1, 0.15) is 0 Å². The van der Waals surface area contributed by atoms with Crippen LogP contribution < -0.4 is 10.6 Å². The predicted octanol–water partition coefficient (Wildman–Crippen LogP) is 3.39. The summed E-state index contributed by atoms with van der Waals surface area (Å²) in [5.74, 6) is 0.998. The summed E-state index contributed by atoms with van der Waals surface area (Å²) >= 11 is 3.31.